The molecule has 0 aliphatic rings. The first-order valence-corrected chi connectivity index (χ1v) is 11.1. The topological polar surface area (TPSA) is 97.4 Å². The minimum absolute atomic E-state index is 0.326. The third-order valence-electron chi connectivity index (χ3n) is 5.11. The van der Waals surface area contributed by atoms with E-state index in [1.54, 1.807) is 45.4 Å². The Bertz CT molecular complexity index is 1330. The van der Waals surface area contributed by atoms with E-state index in [2.05, 4.69) is 25.9 Å². The number of nitrogens with zero attached hydrogens (tertiary/aromatic N) is 2. The van der Waals surface area contributed by atoms with E-state index in [4.69, 9.17) is 21.1 Å². The van der Waals surface area contributed by atoms with Crippen molar-refractivity contribution in [3.8, 4) is 11.5 Å². The predicted molar refractivity (Wildman–Crippen MR) is 139 cm³/mol. The minimum Gasteiger partial charge on any atom is -0.497 e. The van der Waals surface area contributed by atoms with Crippen LogP contribution in [0.5, 0.6) is 11.5 Å². The lowest BCUT2D eigenvalue weighted by atomic mass is 10.2. The van der Waals surface area contributed by atoms with E-state index in [-0.39, 0.29) is 5.91 Å². The molecule has 8 nitrogen and oxygen atoms in total. The first-order chi connectivity index (χ1) is 16.9. The first kappa shape index (κ1) is 23.8. The Morgan fingerprint density at radius 1 is 0.829 bits per heavy atom. The summed E-state index contributed by atoms with van der Waals surface area (Å²) < 4.78 is 10.4. The van der Waals surface area contributed by atoms with E-state index in [9.17, 15) is 4.79 Å². The van der Waals surface area contributed by atoms with Crippen LogP contribution in [0.2, 0.25) is 5.02 Å². The molecule has 4 aromatic rings. The number of halogens is 1. The number of ether oxygens (including phenoxy) is 2. The van der Waals surface area contributed by atoms with E-state index < -0.39 is 0 Å². The molecule has 3 N–H and O–H groups in total. The molecule has 35 heavy (non-hydrogen) atoms. The SMILES string of the molecule is COc1ccc(Nc2nc(C)c(NC(=O)c3cccc(Cl)c3)c(Nc3ccc(OC)cc3)n2)cc1. The molecule has 1 aromatic heterocycles. The van der Waals surface area contributed by atoms with Crippen LogP contribution in [-0.4, -0.2) is 30.1 Å². The molecule has 0 atom stereocenters. The fraction of sp³-hybridized carbons (Fsp3) is 0.115. The zero-order chi connectivity index (χ0) is 24.8. The number of hydrogen-bond donors (Lipinski definition) is 3. The van der Waals surface area contributed by atoms with E-state index >= 15 is 0 Å². The van der Waals surface area contributed by atoms with Crippen molar-refractivity contribution in [1.29, 1.82) is 0 Å². The van der Waals surface area contributed by atoms with Gasteiger partial charge in [-0.25, -0.2) is 4.98 Å². The Morgan fingerprint density at radius 2 is 1.43 bits per heavy atom. The van der Waals surface area contributed by atoms with Gasteiger partial charge < -0.3 is 25.4 Å². The molecule has 4 rings (SSSR count). The lowest BCUT2D eigenvalue weighted by molar-refractivity contribution is 0.102. The minimum atomic E-state index is -0.326. The molecule has 0 bridgehead atoms. The van der Waals surface area contributed by atoms with Crippen molar-refractivity contribution in [3.63, 3.8) is 0 Å². The van der Waals surface area contributed by atoms with Gasteiger partial charge in [0.25, 0.3) is 5.91 Å². The van der Waals surface area contributed by atoms with Crippen molar-refractivity contribution < 1.29 is 14.3 Å². The van der Waals surface area contributed by atoms with Gasteiger partial charge in [0.1, 0.15) is 17.2 Å². The number of methoxy groups -OCH3 is 2. The summed E-state index contributed by atoms with van der Waals surface area (Å²) in [6.07, 6.45) is 0. The molecule has 0 radical (unpaired) electrons. The second-order valence-corrected chi connectivity index (χ2v) is 7.96. The number of nitrogens with one attached hydrogen (secondary N) is 3. The Kier molecular flexibility index (Phi) is 7.32. The smallest absolute Gasteiger partial charge is 0.255 e. The summed E-state index contributed by atoms with van der Waals surface area (Å²) in [5, 5.41) is 9.85. The van der Waals surface area contributed by atoms with Gasteiger partial charge >= 0.3 is 0 Å². The number of amides is 1. The van der Waals surface area contributed by atoms with Crippen LogP contribution in [0, 0.1) is 6.92 Å². The maximum absolute atomic E-state index is 12.9. The van der Waals surface area contributed by atoms with Crippen LogP contribution in [0.15, 0.2) is 72.8 Å². The number of hydrogen-bond acceptors (Lipinski definition) is 7. The standard InChI is InChI=1S/C26H24ClN5O3/c1-16-23(31-25(33)17-5-4-6-18(27)15-17)24(29-19-7-11-21(34-2)12-8-19)32-26(28-16)30-20-9-13-22(35-3)14-10-20/h4-15H,1-3H3,(H,31,33)(H2,28,29,30,32). The van der Waals surface area contributed by atoms with Crippen molar-refractivity contribution in [2.45, 2.75) is 6.92 Å². The highest BCUT2D eigenvalue weighted by Crippen LogP contribution is 2.30. The molecule has 1 amide bonds. The second-order valence-electron chi connectivity index (χ2n) is 7.53. The summed E-state index contributed by atoms with van der Waals surface area (Å²) in [4.78, 5) is 22.1. The van der Waals surface area contributed by atoms with E-state index in [1.807, 2.05) is 48.5 Å². The number of rotatable bonds is 8. The van der Waals surface area contributed by atoms with Crippen LogP contribution in [0.25, 0.3) is 0 Å². The van der Waals surface area contributed by atoms with Crippen LogP contribution < -0.4 is 25.4 Å². The van der Waals surface area contributed by atoms with Gasteiger partial charge in [-0.15, -0.1) is 0 Å². The first-order valence-electron chi connectivity index (χ1n) is 10.7. The summed E-state index contributed by atoms with van der Waals surface area (Å²) in [5.74, 6) is 1.94. The van der Waals surface area contributed by atoms with Crippen molar-refractivity contribution >= 4 is 46.3 Å². The van der Waals surface area contributed by atoms with Crippen molar-refractivity contribution in [1.82, 2.24) is 9.97 Å². The number of benzene rings is 3. The average molecular weight is 490 g/mol. The molecule has 0 saturated carbocycles. The Labute approximate surface area is 208 Å². The normalized spacial score (nSPS) is 10.4. The Balaban J connectivity index is 1.67. The van der Waals surface area contributed by atoms with Gasteiger partial charge in [0, 0.05) is 22.0 Å². The number of aryl methyl sites for hydroxylation is 1. The third-order valence-corrected chi connectivity index (χ3v) is 5.35. The summed E-state index contributed by atoms with van der Waals surface area (Å²) in [7, 11) is 3.22. The zero-order valence-electron chi connectivity index (χ0n) is 19.4. The largest absolute Gasteiger partial charge is 0.497 e. The maximum Gasteiger partial charge on any atom is 0.255 e. The molecule has 0 spiro atoms. The quantitative estimate of drug-likeness (QED) is 0.271. The van der Waals surface area contributed by atoms with Crippen LogP contribution in [-0.2, 0) is 0 Å². The number of carbonyl (C=O) groups is 1. The van der Waals surface area contributed by atoms with Gasteiger partial charge in [0.2, 0.25) is 5.95 Å². The van der Waals surface area contributed by atoms with Gasteiger partial charge in [0.05, 0.1) is 19.9 Å². The zero-order valence-corrected chi connectivity index (χ0v) is 20.2. The Hall–Kier alpha value is -4.30. The van der Waals surface area contributed by atoms with Gasteiger partial charge in [-0.05, 0) is 73.7 Å². The van der Waals surface area contributed by atoms with Crippen LogP contribution >= 0.6 is 11.6 Å². The monoisotopic (exact) mass is 489 g/mol. The molecule has 3 aromatic carbocycles. The number of anilines is 5. The summed E-state index contributed by atoms with van der Waals surface area (Å²) in [5.41, 5.74) is 3.00. The summed E-state index contributed by atoms with van der Waals surface area (Å²) >= 11 is 6.06. The molecule has 0 unspecified atom stereocenters. The molecule has 1 heterocycles. The van der Waals surface area contributed by atoms with Crippen molar-refractivity contribution in [3.05, 3.63) is 89.1 Å². The third kappa shape index (κ3) is 5.99. The van der Waals surface area contributed by atoms with Gasteiger partial charge in [0.15, 0.2) is 5.82 Å². The van der Waals surface area contributed by atoms with Gasteiger partial charge in [-0.1, -0.05) is 17.7 Å². The molecule has 0 fully saturated rings. The fourth-order valence-electron chi connectivity index (χ4n) is 3.30. The van der Waals surface area contributed by atoms with Crippen molar-refractivity contribution in [2.75, 3.05) is 30.2 Å². The maximum atomic E-state index is 12.9. The van der Waals surface area contributed by atoms with E-state index in [1.165, 1.54) is 0 Å². The number of aromatic nitrogens is 2. The molecular formula is C26H24ClN5O3. The van der Waals surface area contributed by atoms with E-state index in [0.29, 0.717) is 33.7 Å². The molecule has 0 aliphatic carbocycles. The highest BCUT2D eigenvalue weighted by Gasteiger charge is 2.17. The average Bonchev–Trinajstić information content (AvgIpc) is 2.87. The van der Waals surface area contributed by atoms with Crippen LogP contribution in [0.1, 0.15) is 16.1 Å². The van der Waals surface area contributed by atoms with Crippen LogP contribution in [0.4, 0.5) is 28.8 Å². The summed E-state index contributed by atoms with van der Waals surface area (Å²) in [6.45, 7) is 1.80. The van der Waals surface area contributed by atoms with E-state index in [0.717, 1.165) is 22.9 Å². The summed E-state index contributed by atoms with van der Waals surface area (Å²) in [6, 6.07) is 21.5. The van der Waals surface area contributed by atoms with Crippen LogP contribution in [0.3, 0.4) is 0 Å². The fourth-order valence-corrected chi connectivity index (χ4v) is 3.49. The number of carbonyl (C=O) groups excluding carboxylic acids is 1. The second kappa shape index (κ2) is 10.8. The molecule has 178 valence electrons. The molecule has 0 saturated heterocycles. The lowest BCUT2D eigenvalue weighted by Gasteiger charge is -2.17. The molecule has 0 aliphatic heterocycles. The van der Waals surface area contributed by atoms with Gasteiger partial charge in [-0.2, -0.15) is 4.98 Å². The molecule has 9 heteroatoms. The van der Waals surface area contributed by atoms with Gasteiger partial charge in [-0.3, -0.25) is 4.79 Å². The highest BCUT2D eigenvalue weighted by atomic mass is 35.5. The Morgan fingerprint density at radius 3 is 2.00 bits per heavy atom. The molecular weight excluding hydrogens is 466 g/mol. The predicted octanol–water partition coefficient (Wildman–Crippen LogP) is 6.20. The van der Waals surface area contributed by atoms with Crippen molar-refractivity contribution in [2.24, 2.45) is 0 Å². The highest BCUT2D eigenvalue weighted by molar-refractivity contribution is 6.31. The lowest BCUT2D eigenvalue weighted by Crippen LogP contribution is -2.16.